The minimum atomic E-state index is -0.0848. The van der Waals surface area contributed by atoms with Gasteiger partial charge in [0.25, 0.3) is 5.91 Å². The van der Waals surface area contributed by atoms with Gasteiger partial charge in [-0.3, -0.25) is 9.59 Å². The van der Waals surface area contributed by atoms with E-state index in [0.717, 1.165) is 18.5 Å². The van der Waals surface area contributed by atoms with Crippen molar-refractivity contribution in [2.45, 2.75) is 38.5 Å². The Morgan fingerprint density at radius 2 is 1.87 bits per heavy atom. The van der Waals surface area contributed by atoms with Crippen LogP contribution < -0.4 is 16.0 Å². The third kappa shape index (κ3) is 9.32. The summed E-state index contributed by atoms with van der Waals surface area (Å²) in [5, 5.41) is 9.39. The van der Waals surface area contributed by atoms with Gasteiger partial charge in [0.2, 0.25) is 5.91 Å². The number of nitrogens with zero attached hydrogens (tertiary/aromatic N) is 2. The van der Waals surface area contributed by atoms with E-state index >= 15 is 0 Å². The Bertz CT molecular complexity index is 703. The fourth-order valence-electron chi connectivity index (χ4n) is 3.43. The van der Waals surface area contributed by atoms with Crippen LogP contribution in [0.5, 0.6) is 0 Å². The van der Waals surface area contributed by atoms with E-state index in [0.29, 0.717) is 24.0 Å². The lowest BCUT2D eigenvalue weighted by molar-refractivity contribution is -0.127. The molecule has 2 amide bonds. The fraction of sp³-hybridized carbons (Fsp3) is 0.591. The van der Waals surface area contributed by atoms with Gasteiger partial charge >= 0.3 is 0 Å². The Balaban J connectivity index is 0.00000450. The summed E-state index contributed by atoms with van der Waals surface area (Å²) in [5.74, 6) is 1.23. The standard InChI is InChI=1S/C22H35N5O2.HI/c1-23-21(29)19-11-7-10-17(14-19)12-13-24-22(26-16-20(28)27(2)3)25-15-18-8-5-4-6-9-18;/h7,10-11,14,18H,4-6,8-9,12-13,15-16H2,1-3H3,(H,23,29)(H2,24,25,26);1H. The van der Waals surface area contributed by atoms with Crippen molar-refractivity contribution < 1.29 is 9.59 Å². The number of benzene rings is 1. The summed E-state index contributed by atoms with van der Waals surface area (Å²) in [6.07, 6.45) is 7.20. The zero-order valence-corrected chi connectivity index (χ0v) is 20.7. The average Bonchev–Trinajstić information content (AvgIpc) is 2.75. The van der Waals surface area contributed by atoms with E-state index < -0.39 is 0 Å². The fourth-order valence-corrected chi connectivity index (χ4v) is 3.43. The van der Waals surface area contributed by atoms with Crippen LogP contribution in [0.2, 0.25) is 0 Å². The van der Waals surface area contributed by atoms with Gasteiger partial charge < -0.3 is 20.9 Å². The number of halogens is 1. The number of rotatable bonds is 8. The molecular weight excluding hydrogens is 493 g/mol. The van der Waals surface area contributed by atoms with Gasteiger partial charge in [-0.2, -0.15) is 0 Å². The highest BCUT2D eigenvalue weighted by atomic mass is 127. The second kappa shape index (κ2) is 14.2. The van der Waals surface area contributed by atoms with Crippen molar-refractivity contribution in [1.29, 1.82) is 0 Å². The molecule has 0 unspecified atom stereocenters. The van der Waals surface area contributed by atoms with E-state index in [1.165, 1.54) is 32.1 Å². The molecule has 30 heavy (non-hydrogen) atoms. The number of guanidine groups is 1. The Morgan fingerprint density at radius 3 is 2.53 bits per heavy atom. The number of hydrogen-bond donors (Lipinski definition) is 3. The van der Waals surface area contributed by atoms with Gasteiger partial charge in [-0.25, -0.2) is 4.99 Å². The Kier molecular flexibility index (Phi) is 12.4. The summed E-state index contributed by atoms with van der Waals surface area (Å²) in [5.41, 5.74) is 1.74. The van der Waals surface area contributed by atoms with Crippen molar-refractivity contribution in [2.24, 2.45) is 10.9 Å². The summed E-state index contributed by atoms with van der Waals surface area (Å²) in [4.78, 5) is 29.7. The summed E-state index contributed by atoms with van der Waals surface area (Å²) >= 11 is 0. The monoisotopic (exact) mass is 529 g/mol. The van der Waals surface area contributed by atoms with Crippen LogP contribution in [-0.4, -0.2) is 63.5 Å². The van der Waals surface area contributed by atoms with Gasteiger partial charge in [-0.15, -0.1) is 24.0 Å². The number of hydrogen-bond acceptors (Lipinski definition) is 3. The van der Waals surface area contributed by atoms with Crippen LogP contribution in [0.25, 0.3) is 0 Å². The minimum absolute atomic E-state index is 0. The Hall–Kier alpha value is -1.84. The number of likely N-dealkylation sites (N-methyl/N-ethyl adjacent to an activating group) is 1. The van der Waals surface area contributed by atoms with Crippen molar-refractivity contribution in [3.05, 3.63) is 35.4 Å². The van der Waals surface area contributed by atoms with Crippen molar-refractivity contribution in [1.82, 2.24) is 20.9 Å². The molecule has 7 nitrogen and oxygen atoms in total. The topological polar surface area (TPSA) is 85.8 Å². The molecule has 0 aliphatic heterocycles. The molecule has 168 valence electrons. The maximum atomic E-state index is 11.9. The van der Waals surface area contributed by atoms with E-state index in [2.05, 4.69) is 20.9 Å². The van der Waals surface area contributed by atoms with Gasteiger partial charge in [0, 0.05) is 39.8 Å². The molecule has 0 bridgehead atoms. The first kappa shape index (κ1) is 26.2. The van der Waals surface area contributed by atoms with E-state index in [1.54, 1.807) is 32.1 Å². The lowest BCUT2D eigenvalue weighted by atomic mass is 9.89. The zero-order valence-electron chi connectivity index (χ0n) is 18.4. The van der Waals surface area contributed by atoms with Crippen LogP contribution in [-0.2, 0) is 11.2 Å². The van der Waals surface area contributed by atoms with Crippen LogP contribution >= 0.6 is 24.0 Å². The maximum Gasteiger partial charge on any atom is 0.251 e. The van der Waals surface area contributed by atoms with Crippen molar-refractivity contribution in [2.75, 3.05) is 40.8 Å². The van der Waals surface area contributed by atoms with Gasteiger partial charge in [-0.05, 0) is 42.9 Å². The highest BCUT2D eigenvalue weighted by Gasteiger charge is 2.14. The summed E-state index contributed by atoms with van der Waals surface area (Å²) in [6.45, 7) is 1.68. The molecule has 1 aromatic carbocycles. The SMILES string of the molecule is CNC(=O)c1cccc(CCNC(=NCC(=O)N(C)C)NCC2CCCCC2)c1.I. The molecule has 1 aliphatic carbocycles. The van der Waals surface area contributed by atoms with E-state index in [4.69, 9.17) is 0 Å². The number of aliphatic imine (C=N–C) groups is 1. The summed E-state index contributed by atoms with van der Waals surface area (Å²) < 4.78 is 0. The first-order valence-corrected chi connectivity index (χ1v) is 10.5. The third-order valence-corrected chi connectivity index (χ3v) is 5.28. The van der Waals surface area contributed by atoms with Gasteiger partial charge in [0.05, 0.1) is 0 Å². The van der Waals surface area contributed by atoms with Gasteiger partial charge in [0.15, 0.2) is 5.96 Å². The van der Waals surface area contributed by atoms with E-state index in [1.807, 2.05) is 18.2 Å². The lowest BCUT2D eigenvalue weighted by Crippen LogP contribution is -2.41. The molecule has 3 N–H and O–H groups in total. The second-order valence-corrected chi connectivity index (χ2v) is 7.79. The van der Waals surface area contributed by atoms with Gasteiger partial charge in [-0.1, -0.05) is 31.4 Å². The minimum Gasteiger partial charge on any atom is -0.356 e. The molecule has 0 radical (unpaired) electrons. The normalized spacial score (nSPS) is 14.4. The smallest absolute Gasteiger partial charge is 0.251 e. The zero-order chi connectivity index (χ0) is 21.1. The van der Waals surface area contributed by atoms with E-state index in [9.17, 15) is 9.59 Å². The van der Waals surface area contributed by atoms with Crippen LogP contribution in [0.1, 0.15) is 48.0 Å². The number of carbonyl (C=O) groups is 2. The van der Waals surface area contributed by atoms with Crippen molar-refractivity contribution in [3.8, 4) is 0 Å². The Labute approximate surface area is 197 Å². The number of nitrogens with one attached hydrogen (secondary N) is 3. The summed E-state index contributed by atoms with van der Waals surface area (Å²) in [7, 11) is 5.10. The van der Waals surface area contributed by atoms with Crippen LogP contribution in [0.15, 0.2) is 29.3 Å². The predicted octanol–water partition coefficient (Wildman–Crippen LogP) is 2.41. The molecule has 1 aromatic rings. The molecule has 0 atom stereocenters. The predicted molar refractivity (Wildman–Crippen MR) is 133 cm³/mol. The molecule has 0 spiro atoms. The van der Waals surface area contributed by atoms with Gasteiger partial charge in [0.1, 0.15) is 6.54 Å². The van der Waals surface area contributed by atoms with E-state index in [-0.39, 0.29) is 42.3 Å². The molecule has 1 saturated carbocycles. The van der Waals surface area contributed by atoms with Crippen LogP contribution in [0, 0.1) is 5.92 Å². The van der Waals surface area contributed by atoms with Crippen LogP contribution in [0.3, 0.4) is 0 Å². The first-order chi connectivity index (χ1) is 14.0. The highest BCUT2D eigenvalue weighted by molar-refractivity contribution is 14.0. The average molecular weight is 529 g/mol. The van der Waals surface area contributed by atoms with Crippen LogP contribution in [0.4, 0.5) is 0 Å². The quantitative estimate of drug-likeness (QED) is 0.275. The Morgan fingerprint density at radius 1 is 1.13 bits per heavy atom. The number of amides is 2. The molecule has 0 saturated heterocycles. The summed E-state index contributed by atoms with van der Waals surface area (Å²) in [6, 6.07) is 7.62. The second-order valence-electron chi connectivity index (χ2n) is 7.79. The third-order valence-electron chi connectivity index (χ3n) is 5.28. The first-order valence-electron chi connectivity index (χ1n) is 10.5. The molecule has 1 fully saturated rings. The van der Waals surface area contributed by atoms with Crippen molar-refractivity contribution >= 4 is 41.8 Å². The molecular formula is C22H36IN5O2. The van der Waals surface area contributed by atoms with Crippen molar-refractivity contribution in [3.63, 3.8) is 0 Å². The molecule has 2 rings (SSSR count). The molecule has 0 aromatic heterocycles. The molecule has 8 heteroatoms. The number of carbonyl (C=O) groups excluding carboxylic acids is 2. The highest BCUT2D eigenvalue weighted by Crippen LogP contribution is 2.22. The molecule has 0 heterocycles. The lowest BCUT2D eigenvalue weighted by Gasteiger charge is -2.23. The maximum absolute atomic E-state index is 11.9. The largest absolute Gasteiger partial charge is 0.356 e. The molecule has 1 aliphatic rings.